The van der Waals surface area contributed by atoms with Crippen molar-refractivity contribution in [2.24, 2.45) is 11.5 Å². The zero-order chi connectivity index (χ0) is 26.1. The maximum absolute atomic E-state index is 12.4. The molecule has 0 bridgehead atoms. The lowest BCUT2D eigenvalue weighted by atomic mass is 10.1. The van der Waals surface area contributed by atoms with Crippen molar-refractivity contribution in [1.82, 2.24) is 21.3 Å². The average molecular weight is 495 g/mol. The molecular weight excluding hydrogens is 456 g/mol. The zero-order valence-electron chi connectivity index (χ0n) is 20.0. The number of hydrogen-bond donors (Lipinski definition) is 8. The molecule has 1 atom stereocenters. The van der Waals surface area contributed by atoms with Crippen LogP contribution in [0.1, 0.15) is 44.1 Å². The van der Waals surface area contributed by atoms with Crippen molar-refractivity contribution in [3.63, 3.8) is 0 Å². The minimum Gasteiger partial charge on any atom is -0.508 e. The van der Waals surface area contributed by atoms with Crippen LogP contribution in [0, 0.1) is 0 Å². The lowest BCUT2D eigenvalue weighted by Crippen LogP contribution is -2.49. The van der Waals surface area contributed by atoms with E-state index < -0.39 is 23.8 Å². The van der Waals surface area contributed by atoms with Gasteiger partial charge in [-0.05, 0) is 44.8 Å². The van der Waals surface area contributed by atoms with E-state index in [0.717, 1.165) is 31.9 Å². The van der Waals surface area contributed by atoms with Crippen molar-refractivity contribution < 1.29 is 29.4 Å². The predicted octanol–water partition coefficient (Wildman–Crippen LogP) is -1.27. The Morgan fingerprint density at radius 3 is 2.26 bits per heavy atom. The van der Waals surface area contributed by atoms with Crippen molar-refractivity contribution in [3.05, 3.63) is 23.8 Å². The maximum atomic E-state index is 12.4. The van der Waals surface area contributed by atoms with Gasteiger partial charge in [0, 0.05) is 37.7 Å². The maximum Gasteiger partial charge on any atom is 0.243 e. The summed E-state index contributed by atoms with van der Waals surface area (Å²) in [4.78, 5) is 47.8. The molecule has 0 aliphatic carbocycles. The number of phenols is 2. The van der Waals surface area contributed by atoms with E-state index in [1.165, 1.54) is 12.1 Å². The number of unbranched alkanes of at least 4 members (excludes halogenated alkanes) is 2. The van der Waals surface area contributed by atoms with Gasteiger partial charge in [-0.3, -0.25) is 19.2 Å². The molecule has 4 amide bonds. The van der Waals surface area contributed by atoms with Crippen LogP contribution >= 0.6 is 0 Å². The van der Waals surface area contributed by atoms with Crippen molar-refractivity contribution in [3.8, 4) is 11.5 Å². The van der Waals surface area contributed by atoms with E-state index in [-0.39, 0.29) is 35.8 Å². The Kier molecular flexibility index (Phi) is 14.5. The number of carbonyl (C=O) groups is 4. The van der Waals surface area contributed by atoms with Crippen LogP contribution < -0.4 is 32.7 Å². The molecule has 10 N–H and O–H groups in total. The van der Waals surface area contributed by atoms with E-state index in [2.05, 4.69) is 21.3 Å². The standard InChI is InChI=1S/C23H38N6O6/c24-8-4-9-26-12-7-21(33)27-10-2-1-3-11-28-23(35)18(15-20(25)32)29-22(34)13-16-5-6-17(30)14-19(16)31/h5-6,14,18,26,30-31H,1-4,7-13,15,24H2,(H2,25,32)(H,27,33)(H,28,35)(H,29,34)/t18-/m1/s1. The van der Waals surface area contributed by atoms with E-state index in [4.69, 9.17) is 11.5 Å². The van der Waals surface area contributed by atoms with Gasteiger partial charge in [0.1, 0.15) is 17.5 Å². The summed E-state index contributed by atoms with van der Waals surface area (Å²) < 4.78 is 0. The molecule has 35 heavy (non-hydrogen) atoms. The van der Waals surface area contributed by atoms with Gasteiger partial charge >= 0.3 is 0 Å². The average Bonchev–Trinajstić information content (AvgIpc) is 2.79. The van der Waals surface area contributed by atoms with Gasteiger partial charge in [-0.15, -0.1) is 0 Å². The van der Waals surface area contributed by atoms with Gasteiger partial charge in [0.15, 0.2) is 0 Å². The Hall–Kier alpha value is -3.38. The molecule has 0 saturated heterocycles. The summed E-state index contributed by atoms with van der Waals surface area (Å²) in [7, 11) is 0. The van der Waals surface area contributed by atoms with Crippen molar-refractivity contribution >= 4 is 23.6 Å². The number of benzene rings is 1. The molecule has 12 nitrogen and oxygen atoms in total. The molecule has 0 unspecified atom stereocenters. The molecule has 0 fully saturated rings. The van der Waals surface area contributed by atoms with Gasteiger partial charge in [-0.1, -0.05) is 6.07 Å². The molecule has 0 aliphatic rings. The van der Waals surface area contributed by atoms with Gasteiger partial charge in [0.05, 0.1) is 12.8 Å². The van der Waals surface area contributed by atoms with E-state index in [1.807, 2.05) is 0 Å². The summed E-state index contributed by atoms with van der Waals surface area (Å²) in [6.07, 6.45) is 2.83. The van der Waals surface area contributed by atoms with Crippen LogP contribution in [0.4, 0.5) is 0 Å². The monoisotopic (exact) mass is 494 g/mol. The van der Waals surface area contributed by atoms with E-state index in [1.54, 1.807) is 0 Å². The van der Waals surface area contributed by atoms with Crippen LogP contribution in [-0.2, 0) is 25.6 Å². The minimum absolute atomic E-state index is 0.0239. The summed E-state index contributed by atoms with van der Waals surface area (Å²) in [5.41, 5.74) is 10.9. The number of rotatable bonds is 18. The minimum atomic E-state index is -1.14. The predicted molar refractivity (Wildman–Crippen MR) is 130 cm³/mol. The summed E-state index contributed by atoms with van der Waals surface area (Å²) in [6, 6.07) is 2.67. The molecule has 1 aromatic carbocycles. The molecule has 12 heteroatoms. The molecule has 0 aromatic heterocycles. The molecule has 0 radical (unpaired) electrons. The van der Waals surface area contributed by atoms with Crippen LogP contribution in [0.5, 0.6) is 11.5 Å². The Morgan fingerprint density at radius 1 is 0.886 bits per heavy atom. The highest BCUT2D eigenvalue weighted by atomic mass is 16.3. The van der Waals surface area contributed by atoms with Crippen LogP contribution in [0.2, 0.25) is 0 Å². The van der Waals surface area contributed by atoms with Gasteiger partial charge in [-0.2, -0.15) is 0 Å². The summed E-state index contributed by atoms with van der Waals surface area (Å²) in [5, 5.41) is 30.2. The molecule has 1 rings (SSSR count). The fourth-order valence-electron chi connectivity index (χ4n) is 3.16. The first kappa shape index (κ1) is 29.7. The first-order valence-electron chi connectivity index (χ1n) is 11.8. The largest absolute Gasteiger partial charge is 0.508 e. The van der Waals surface area contributed by atoms with Crippen LogP contribution in [0.15, 0.2) is 18.2 Å². The molecule has 0 saturated carbocycles. The number of nitrogens with two attached hydrogens (primary N) is 2. The second kappa shape index (κ2) is 17.1. The molecule has 0 aliphatic heterocycles. The Bertz CT molecular complexity index is 835. The topological polar surface area (TPSA) is 209 Å². The highest BCUT2D eigenvalue weighted by Crippen LogP contribution is 2.22. The van der Waals surface area contributed by atoms with E-state index in [9.17, 15) is 29.4 Å². The number of aromatic hydroxyl groups is 2. The Morgan fingerprint density at radius 2 is 1.60 bits per heavy atom. The van der Waals surface area contributed by atoms with E-state index in [0.29, 0.717) is 39.0 Å². The number of phenolic OH excluding ortho intramolecular Hbond substituents is 2. The first-order chi connectivity index (χ1) is 16.7. The highest BCUT2D eigenvalue weighted by molar-refractivity contribution is 5.92. The van der Waals surface area contributed by atoms with Crippen LogP contribution in [-0.4, -0.2) is 72.6 Å². The Labute approximate surface area is 205 Å². The number of carbonyl (C=O) groups excluding carboxylic acids is 4. The van der Waals surface area contributed by atoms with Crippen molar-refractivity contribution in [2.45, 2.75) is 51.0 Å². The smallest absolute Gasteiger partial charge is 0.243 e. The third kappa shape index (κ3) is 13.8. The van der Waals surface area contributed by atoms with Crippen molar-refractivity contribution in [2.75, 3.05) is 32.7 Å². The number of primary amides is 1. The first-order valence-corrected chi connectivity index (χ1v) is 11.8. The normalized spacial score (nSPS) is 11.5. The molecule has 0 heterocycles. The van der Waals surface area contributed by atoms with Crippen LogP contribution in [0.3, 0.4) is 0 Å². The molecular formula is C23H38N6O6. The summed E-state index contributed by atoms with van der Waals surface area (Å²) >= 11 is 0. The lowest BCUT2D eigenvalue weighted by molar-refractivity contribution is -0.131. The second-order valence-electron chi connectivity index (χ2n) is 8.12. The zero-order valence-corrected chi connectivity index (χ0v) is 20.0. The molecule has 0 spiro atoms. The van der Waals surface area contributed by atoms with Gasteiger partial charge in [-0.25, -0.2) is 0 Å². The van der Waals surface area contributed by atoms with Crippen LogP contribution in [0.25, 0.3) is 0 Å². The quantitative estimate of drug-likeness (QED) is 0.115. The number of hydrogen-bond acceptors (Lipinski definition) is 8. The second-order valence-corrected chi connectivity index (χ2v) is 8.12. The van der Waals surface area contributed by atoms with Gasteiger partial charge in [0.25, 0.3) is 0 Å². The fraction of sp³-hybridized carbons (Fsp3) is 0.565. The number of nitrogens with one attached hydrogen (secondary N) is 4. The third-order valence-electron chi connectivity index (χ3n) is 5.04. The SMILES string of the molecule is NCCCNCCC(=O)NCCCCCNC(=O)[C@@H](CC(N)=O)NC(=O)Cc1ccc(O)cc1O. The number of amides is 4. The lowest BCUT2D eigenvalue weighted by Gasteiger charge is -2.17. The summed E-state index contributed by atoms with van der Waals surface area (Å²) in [5.74, 6) is -2.30. The van der Waals surface area contributed by atoms with Gasteiger partial charge in [0.2, 0.25) is 23.6 Å². The highest BCUT2D eigenvalue weighted by Gasteiger charge is 2.23. The van der Waals surface area contributed by atoms with E-state index >= 15 is 0 Å². The van der Waals surface area contributed by atoms with Gasteiger partial charge < -0.3 is 42.9 Å². The Balaban J connectivity index is 2.29. The molecule has 196 valence electrons. The summed E-state index contributed by atoms with van der Waals surface area (Å²) in [6.45, 7) is 2.90. The van der Waals surface area contributed by atoms with Crippen molar-refractivity contribution in [1.29, 1.82) is 0 Å². The molecule has 1 aromatic rings. The fourth-order valence-corrected chi connectivity index (χ4v) is 3.16. The third-order valence-corrected chi connectivity index (χ3v) is 5.04.